The Morgan fingerprint density at radius 1 is 1.38 bits per heavy atom. The van der Waals surface area contributed by atoms with Crippen LogP contribution in [0.2, 0.25) is 0 Å². The van der Waals surface area contributed by atoms with Crippen LogP contribution in [0.25, 0.3) is 0 Å². The van der Waals surface area contributed by atoms with Gasteiger partial charge in [-0.2, -0.15) is 0 Å². The van der Waals surface area contributed by atoms with Crippen LogP contribution in [0.3, 0.4) is 0 Å². The molecule has 1 aliphatic carbocycles. The van der Waals surface area contributed by atoms with Crippen molar-refractivity contribution in [1.82, 2.24) is 9.97 Å². The molecular formula is C16H18N4S. The zero-order chi connectivity index (χ0) is 14.8. The van der Waals surface area contributed by atoms with Crippen LogP contribution in [0, 0.1) is 0 Å². The number of nitrogens with zero attached hydrogens (tertiary/aromatic N) is 3. The largest absolute Gasteiger partial charge is 0.389 e. The number of hydrogen-bond acceptors (Lipinski definition) is 4. The number of thiocarbonyl (C=S) groups is 1. The molecule has 2 aromatic rings. The second-order valence-electron chi connectivity index (χ2n) is 5.36. The maximum atomic E-state index is 5.89. The number of aryl methyl sites for hydroxylation is 2. The normalized spacial score (nSPS) is 13.0. The van der Waals surface area contributed by atoms with Crippen LogP contribution in [-0.2, 0) is 19.4 Å². The SMILES string of the molecule is CN(Cc1ccccn1)c1nc2c(cc1C(N)=S)CCC2. The summed E-state index contributed by atoms with van der Waals surface area (Å²) in [7, 11) is 2.00. The van der Waals surface area contributed by atoms with E-state index in [2.05, 4.69) is 16.0 Å². The van der Waals surface area contributed by atoms with Crippen LogP contribution in [0.5, 0.6) is 0 Å². The molecule has 0 atom stereocenters. The lowest BCUT2D eigenvalue weighted by atomic mass is 10.1. The fourth-order valence-electron chi connectivity index (χ4n) is 2.74. The van der Waals surface area contributed by atoms with Gasteiger partial charge in [0.25, 0.3) is 0 Å². The quantitative estimate of drug-likeness (QED) is 0.877. The Morgan fingerprint density at radius 3 is 2.95 bits per heavy atom. The van der Waals surface area contributed by atoms with Crippen molar-refractivity contribution in [3.8, 4) is 0 Å². The summed E-state index contributed by atoms with van der Waals surface area (Å²) in [4.78, 5) is 11.6. The van der Waals surface area contributed by atoms with Crippen molar-refractivity contribution < 1.29 is 0 Å². The van der Waals surface area contributed by atoms with Crippen LogP contribution < -0.4 is 10.6 Å². The third-order valence-electron chi connectivity index (χ3n) is 3.78. The van der Waals surface area contributed by atoms with Crippen molar-refractivity contribution in [3.63, 3.8) is 0 Å². The molecule has 0 fully saturated rings. The highest BCUT2D eigenvalue weighted by molar-refractivity contribution is 7.80. The molecule has 0 bridgehead atoms. The molecule has 21 heavy (non-hydrogen) atoms. The van der Waals surface area contributed by atoms with E-state index in [1.54, 1.807) is 6.20 Å². The van der Waals surface area contributed by atoms with E-state index in [0.29, 0.717) is 11.5 Å². The van der Waals surface area contributed by atoms with Gasteiger partial charge in [0.2, 0.25) is 0 Å². The highest BCUT2D eigenvalue weighted by atomic mass is 32.1. The Hall–Kier alpha value is -2.01. The monoisotopic (exact) mass is 298 g/mol. The van der Waals surface area contributed by atoms with Crippen LogP contribution in [0.4, 0.5) is 5.82 Å². The van der Waals surface area contributed by atoms with Gasteiger partial charge in [0, 0.05) is 18.9 Å². The van der Waals surface area contributed by atoms with Crippen molar-refractivity contribution >= 4 is 23.0 Å². The number of nitrogens with two attached hydrogens (primary N) is 1. The molecule has 4 nitrogen and oxygen atoms in total. The molecule has 3 rings (SSSR count). The summed E-state index contributed by atoms with van der Waals surface area (Å²) >= 11 is 5.20. The fraction of sp³-hybridized carbons (Fsp3) is 0.312. The lowest BCUT2D eigenvalue weighted by Gasteiger charge is -2.21. The van der Waals surface area contributed by atoms with E-state index in [-0.39, 0.29) is 0 Å². The second kappa shape index (κ2) is 5.77. The summed E-state index contributed by atoms with van der Waals surface area (Å²) in [6.07, 6.45) is 5.07. The Bertz CT molecular complexity index is 669. The number of pyridine rings is 2. The van der Waals surface area contributed by atoms with Gasteiger partial charge in [0.15, 0.2) is 0 Å². The average Bonchev–Trinajstić information content (AvgIpc) is 2.94. The molecule has 0 unspecified atom stereocenters. The first kappa shape index (κ1) is 13.9. The van der Waals surface area contributed by atoms with Gasteiger partial charge < -0.3 is 10.6 Å². The molecule has 0 radical (unpaired) electrons. The lowest BCUT2D eigenvalue weighted by Crippen LogP contribution is -2.24. The molecular weight excluding hydrogens is 280 g/mol. The fourth-order valence-corrected chi connectivity index (χ4v) is 2.89. The van der Waals surface area contributed by atoms with Gasteiger partial charge in [-0.3, -0.25) is 4.98 Å². The minimum absolute atomic E-state index is 0.403. The zero-order valence-corrected chi connectivity index (χ0v) is 12.9. The highest BCUT2D eigenvalue weighted by Gasteiger charge is 2.19. The number of fused-ring (bicyclic) bond motifs is 1. The maximum Gasteiger partial charge on any atom is 0.139 e. The van der Waals surface area contributed by atoms with E-state index < -0.39 is 0 Å². The Labute approximate surface area is 130 Å². The molecule has 108 valence electrons. The first-order valence-corrected chi connectivity index (χ1v) is 7.49. The summed E-state index contributed by atoms with van der Waals surface area (Å²) < 4.78 is 0. The molecule has 2 aromatic heterocycles. The van der Waals surface area contributed by atoms with Crippen molar-refractivity contribution in [2.75, 3.05) is 11.9 Å². The molecule has 5 heteroatoms. The Balaban J connectivity index is 1.95. The van der Waals surface area contributed by atoms with Gasteiger partial charge in [-0.25, -0.2) is 4.98 Å². The van der Waals surface area contributed by atoms with E-state index >= 15 is 0 Å². The molecule has 0 aromatic carbocycles. The maximum absolute atomic E-state index is 5.89. The van der Waals surface area contributed by atoms with Gasteiger partial charge in [0.05, 0.1) is 17.8 Å². The molecule has 2 N–H and O–H groups in total. The Morgan fingerprint density at radius 2 is 2.24 bits per heavy atom. The smallest absolute Gasteiger partial charge is 0.139 e. The first-order valence-electron chi connectivity index (χ1n) is 7.09. The summed E-state index contributed by atoms with van der Waals surface area (Å²) in [6.45, 7) is 0.683. The molecule has 0 spiro atoms. The molecule has 0 amide bonds. The predicted molar refractivity (Wildman–Crippen MR) is 88.5 cm³/mol. The van der Waals surface area contributed by atoms with Crippen molar-refractivity contribution in [1.29, 1.82) is 0 Å². The number of hydrogen-bond donors (Lipinski definition) is 1. The van der Waals surface area contributed by atoms with E-state index in [1.807, 2.05) is 25.2 Å². The number of rotatable bonds is 4. The standard InChI is InChI=1S/C16H18N4S/c1-20(10-12-6-2-3-8-18-12)16-13(15(17)21)9-11-5-4-7-14(11)19-16/h2-3,6,8-9H,4-5,7,10H2,1H3,(H2,17,21). The van der Waals surface area contributed by atoms with Crippen LogP contribution >= 0.6 is 12.2 Å². The van der Waals surface area contributed by atoms with Crippen molar-refractivity contribution in [3.05, 3.63) is 53.0 Å². The van der Waals surface area contributed by atoms with E-state index in [1.165, 1.54) is 11.3 Å². The minimum Gasteiger partial charge on any atom is -0.389 e. The summed E-state index contributed by atoms with van der Waals surface area (Å²) in [6, 6.07) is 8.02. The third kappa shape index (κ3) is 2.88. The summed E-state index contributed by atoms with van der Waals surface area (Å²) in [5.74, 6) is 0.855. The molecule has 0 aliphatic heterocycles. The van der Waals surface area contributed by atoms with E-state index in [9.17, 15) is 0 Å². The van der Waals surface area contributed by atoms with Crippen LogP contribution in [0.1, 0.15) is 28.9 Å². The van der Waals surface area contributed by atoms with Gasteiger partial charge in [0.1, 0.15) is 10.8 Å². The van der Waals surface area contributed by atoms with Crippen LogP contribution in [0.15, 0.2) is 30.5 Å². The first-order chi connectivity index (χ1) is 10.1. The summed E-state index contributed by atoms with van der Waals surface area (Å²) in [5, 5.41) is 0. The number of aromatic nitrogens is 2. The van der Waals surface area contributed by atoms with Gasteiger partial charge in [-0.15, -0.1) is 0 Å². The van der Waals surface area contributed by atoms with Gasteiger partial charge in [-0.1, -0.05) is 18.3 Å². The van der Waals surface area contributed by atoms with Crippen molar-refractivity contribution in [2.45, 2.75) is 25.8 Å². The van der Waals surface area contributed by atoms with Crippen LogP contribution in [-0.4, -0.2) is 22.0 Å². The zero-order valence-electron chi connectivity index (χ0n) is 12.0. The lowest BCUT2D eigenvalue weighted by molar-refractivity contribution is 0.852. The molecule has 2 heterocycles. The Kier molecular flexibility index (Phi) is 3.84. The average molecular weight is 298 g/mol. The number of anilines is 1. The molecule has 0 saturated heterocycles. The predicted octanol–water partition coefficient (Wildman–Crippen LogP) is 2.24. The van der Waals surface area contributed by atoms with Crippen molar-refractivity contribution in [2.24, 2.45) is 5.73 Å². The van der Waals surface area contributed by atoms with Gasteiger partial charge in [-0.05, 0) is 43.0 Å². The molecule has 0 saturated carbocycles. The van der Waals surface area contributed by atoms with Gasteiger partial charge >= 0.3 is 0 Å². The van der Waals surface area contributed by atoms with E-state index in [0.717, 1.165) is 36.3 Å². The minimum atomic E-state index is 0.403. The topological polar surface area (TPSA) is 55.0 Å². The molecule has 1 aliphatic rings. The second-order valence-corrected chi connectivity index (χ2v) is 5.80. The van der Waals surface area contributed by atoms with E-state index in [4.69, 9.17) is 22.9 Å². The highest BCUT2D eigenvalue weighted by Crippen LogP contribution is 2.27. The summed E-state index contributed by atoms with van der Waals surface area (Å²) in [5.41, 5.74) is 10.2. The third-order valence-corrected chi connectivity index (χ3v) is 4.00.